The predicted octanol–water partition coefficient (Wildman–Crippen LogP) is -0.335. The molecule has 1 fully saturated rings. The summed E-state index contributed by atoms with van der Waals surface area (Å²) in [5, 5.41) is 3.00. The van der Waals surface area contributed by atoms with Crippen LogP contribution in [0.25, 0.3) is 0 Å². The van der Waals surface area contributed by atoms with Gasteiger partial charge in [-0.05, 0) is 6.92 Å². The Morgan fingerprint density at radius 1 is 1.82 bits per heavy atom. The van der Waals surface area contributed by atoms with E-state index < -0.39 is 6.09 Å². The minimum atomic E-state index is -0.711. The van der Waals surface area contributed by atoms with Crippen molar-refractivity contribution in [2.75, 3.05) is 26.5 Å². The molecular weight excluding hydrogens is 148 g/mol. The van der Waals surface area contributed by atoms with Crippen molar-refractivity contribution in [3.05, 3.63) is 0 Å². The maximum absolute atomic E-state index is 9.60. The zero-order valence-electron chi connectivity index (χ0n) is 6.63. The number of ether oxygens (including phenoxy) is 2. The third-order valence-corrected chi connectivity index (χ3v) is 0.914. The molecule has 0 atom stereocenters. The lowest BCUT2D eigenvalue weighted by Gasteiger charge is -1.89. The minimum absolute atomic E-state index is 0.356. The molecular formula is C6H14N2O3. The van der Waals surface area contributed by atoms with Gasteiger partial charge in [0.2, 0.25) is 0 Å². The van der Waals surface area contributed by atoms with Gasteiger partial charge in [0.25, 0.3) is 0 Å². The Bertz CT molecular complexity index is 96.4. The molecule has 0 radical (unpaired) electrons. The molecule has 0 aliphatic carbocycles. The maximum Gasteiger partial charge on any atom is 0.404 e. The van der Waals surface area contributed by atoms with E-state index in [1.54, 1.807) is 6.92 Å². The van der Waals surface area contributed by atoms with E-state index in [0.717, 1.165) is 19.9 Å². The van der Waals surface area contributed by atoms with Gasteiger partial charge in [-0.2, -0.15) is 0 Å². The lowest BCUT2D eigenvalue weighted by atomic mass is 10.7. The van der Waals surface area contributed by atoms with E-state index in [1.165, 1.54) is 0 Å². The van der Waals surface area contributed by atoms with Crippen molar-refractivity contribution in [3.63, 3.8) is 0 Å². The fourth-order valence-electron chi connectivity index (χ4n) is 0.503. The number of rotatable bonds is 1. The van der Waals surface area contributed by atoms with Gasteiger partial charge in [-0.15, -0.1) is 0 Å². The van der Waals surface area contributed by atoms with Crippen LogP contribution in [0.4, 0.5) is 4.79 Å². The predicted molar refractivity (Wildman–Crippen MR) is 40.0 cm³/mol. The molecule has 1 saturated heterocycles. The molecule has 0 aromatic rings. The molecule has 11 heavy (non-hydrogen) atoms. The highest BCUT2D eigenvalue weighted by Gasteiger charge is 1.92. The molecule has 66 valence electrons. The summed E-state index contributed by atoms with van der Waals surface area (Å²) in [6, 6.07) is 0. The van der Waals surface area contributed by atoms with Crippen molar-refractivity contribution in [1.29, 1.82) is 0 Å². The molecule has 0 aromatic carbocycles. The van der Waals surface area contributed by atoms with E-state index in [-0.39, 0.29) is 0 Å². The third-order valence-electron chi connectivity index (χ3n) is 0.914. The number of nitrogens with one attached hydrogen (secondary N) is 1. The number of hydrogen-bond donors (Lipinski definition) is 2. The molecule has 1 amide bonds. The first-order valence-corrected chi connectivity index (χ1v) is 3.48. The minimum Gasteiger partial charge on any atom is -0.450 e. The smallest absolute Gasteiger partial charge is 0.404 e. The Kier molecular flexibility index (Phi) is 6.76. The van der Waals surface area contributed by atoms with Gasteiger partial charge in [0.1, 0.15) is 0 Å². The van der Waals surface area contributed by atoms with Crippen LogP contribution < -0.4 is 11.1 Å². The van der Waals surface area contributed by atoms with Crippen molar-refractivity contribution in [2.45, 2.75) is 6.92 Å². The van der Waals surface area contributed by atoms with Crippen molar-refractivity contribution in [2.24, 2.45) is 5.73 Å². The summed E-state index contributed by atoms with van der Waals surface area (Å²) in [7, 11) is 0. The zero-order valence-corrected chi connectivity index (χ0v) is 6.63. The highest BCUT2D eigenvalue weighted by molar-refractivity contribution is 5.64. The second kappa shape index (κ2) is 7.30. The summed E-state index contributed by atoms with van der Waals surface area (Å²) >= 11 is 0. The van der Waals surface area contributed by atoms with Crippen LogP contribution in [0.3, 0.4) is 0 Å². The summed E-state index contributed by atoms with van der Waals surface area (Å²) in [5.41, 5.74) is 4.54. The van der Waals surface area contributed by atoms with Gasteiger partial charge in [-0.3, -0.25) is 5.32 Å². The highest BCUT2D eigenvalue weighted by atomic mass is 16.5. The molecule has 3 N–H and O–H groups in total. The second-order valence-corrected chi connectivity index (χ2v) is 1.80. The van der Waals surface area contributed by atoms with Crippen LogP contribution in [0, 0.1) is 0 Å². The summed E-state index contributed by atoms with van der Waals surface area (Å²) in [5.74, 6) is 0. The van der Waals surface area contributed by atoms with Crippen molar-refractivity contribution >= 4 is 6.09 Å². The first kappa shape index (κ1) is 10.2. The fraction of sp³-hybridized carbons (Fsp3) is 0.833. The van der Waals surface area contributed by atoms with Gasteiger partial charge in [-0.1, -0.05) is 0 Å². The Hall–Kier alpha value is -0.810. The number of carbonyl (C=O) groups is 1. The second-order valence-electron chi connectivity index (χ2n) is 1.80. The van der Waals surface area contributed by atoms with E-state index in [4.69, 9.17) is 4.74 Å². The Morgan fingerprint density at radius 2 is 2.55 bits per heavy atom. The lowest BCUT2D eigenvalue weighted by Crippen LogP contribution is -2.11. The van der Waals surface area contributed by atoms with E-state index in [0.29, 0.717) is 6.61 Å². The first-order valence-electron chi connectivity index (χ1n) is 3.48. The average molecular weight is 162 g/mol. The van der Waals surface area contributed by atoms with Crippen LogP contribution >= 0.6 is 0 Å². The van der Waals surface area contributed by atoms with Gasteiger partial charge < -0.3 is 15.2 Å². The third kappa shape index (κ3) is 9.19. The zero-order chi connectivity index (χ0) is 8.53. The Balaban J connectivity index is 0.000000183. The summed E-state index contributed by atoms with van der Waals surface area (Å²) < 4.78 is 9.01. The van der Waals surface area contributed by atoms with Gasteiger partial charge in [0.15, 0.2) is 0 Å². The van der Waals surface area contributed by atoms with Crippen molar-refractivity contribution in [1.82, 2.24) is 5.32 Å². The van der Waals surface area contributed by atoms with E-state index in [9.17, 15) is 4.79 Å². The molecule has 1 rings (SSSR count). The van der Waals surface area contributed by atoms with Crippen LogP contribution in [0.15, 0.2) is 0 Å². The van der Waals surface area contributed by atoms with Crippen LogP contribution in [0.5, 0.6) is 0 Å². The summed E-state index contributed by atoms with van der Waals surface area (Å²) in [6.45, 7) is 4.72. The Morgan fingerprint density at radius 3 is 2.64 bits per heavy atom. The SMILES string of the molecule is C1COCN1.CCOC(N)=O. The van der Waals surface area contributed by atoms with Crippen molar-refractivity contribution < 1.29 is 14.3 Å². The van der Waals surface area contributed by atoms with Gasteiger partial charge in [0, 0.05) is 6.54 Å². The Labute approximate surface area is 65.8 Å². The molecule has 5 heteroatoms. The number of hydrogen-bond acceptors (Lipinski definition) is 4. The number of amides is 1. The molecule has 0 spiro atoms. The van der Waals surface area contributed by atoms with Gasteiger partial charge in [0.05, 0.1) is 19.9 Å². The highest BCUT2D eigenvalue weighted by Crippen LogP contribution is 1.75. The largest absolute Gasteiger partial charge is 0.450 e. The lowest BCUT2D eigenvalue weighted by molar-refractivity contribution is 0.163. The molecule has 0 aromatic heterocycles. The summed E-state index contributed by atoms with van der Waals surface area (Å²) in [4.78, 5) is 9.60. The molecule has 5 nitrogen and oxygen atoms in total. The van der Waals surface area contributed by atoms with E-state index >= 15 is 0 Å². The van der Waals surface area contributed by atoms with E-state index in [1.807, 2.05) is 0 Å². The quantitative estimate of drug-likeness (QED) is 0.553. The number of nitrogens with two attached hydrogens (primary N) is 1. The monoisotopic (exact) mass is 162 g/mol. The molecule has 0 saturated carbocycles. The maximum atomic E-state index is 9.60. The molecule has 1 heterocycles. The first-order chi connectivity index (χ1) is 5.27. The van der Waals surface area contributed by atoms with Crippen LogP contribution in [0.2, 0.25) is 0 Å². The van der Waals surface area contributed by atoms with Gasteiger partial charge >= 0.3 is 6.09 Å². The number of primary amides is 1. The fourth-order valence-corrected chi connectivity index (χ4v) is 0.503. The summed E-state index contributed by atoms with van der Waals surface area (Å²) in [6.07, 6.45) is -0.711. The molecule has 1 aliphatic rings. The number of carbonyl (C=O) groups excluding carboxylic acids is 1. The molecule has 1 aliphatic heterocycles. The normalized spacial score (nSPS) is 15.0. The van der Waals surface area contributed by atoms with Crippen molar-refractivity contribution in [3.8, 4) is 0 Å². The topological polar surface area (TPSA) is 73.6 Å². The van der Waals surface area contributed by atoms with Gasteiger partial charge in [-0.25, -0.2) is 4.79 Å². The molecule has 0 unspecified atom stereocenters. The van der Waals surface area contributed by atoms with E-state index in [2.05, 4.69) is 15.8 Å². The van der Waals surface area contributed by atoms with Crippen LogP contribution in [0.1, 0.15) is 6.92 Å². The molecule has 0 bridgehead atoms. The van der Waals surface area contributed by atoms with Crippen LogP contribution in [-0.2, 0) is 9.47 Å². The average Bonchev–Trinajstić information content (AvgIpc) is 2.41. The standard InChI is InChI=1S/C3H7NO2.C3H7NO/c1-2-6-3(4)5;1-2-5-3-4-1/h2H2,1H3,(H2,4,5);4H,1-3H2. The van der Waals surface area contributed by atoms with Crippen LogP contribution in [-0.4, -0.2) is 32.6 Å².